The first-order chi connectivity index (χ1) is 21.2. The summed E-state index contributed by atoms with van der Waals surface area (Å²) in [5.74, 6) is 1.44. The molecule has 4 aromatic heterocycles. The molecule has 5 atom stereocenters. The highest BCUT2D eigenvalue weighted by Crippen LogP contribution is 2.38. The van der Waals surface area contributed by atoms with Gasteiger partial charge < -0.3 is 35.1 Å². The smallest absolute Gasteiger partial charge is 0.225 e. The number of furan rings is 1. The van der Waals surface area contributed by atoms with Crippen LogP contribution in [0.25, 0.3) is 28.0 Å². The van der Waals surface area contributed by atoms with E-state index in [1.807, 2.05) is 76.4 Å². The van der Waals surface area contributed by atoms with Crippen LogP contribution in [0.5, 0.6) is 5.88 Å². The SMILES string of the molecule is CCOc1cc2cc(-c3c(C)nc(N[C@H](C)c4ccc(-n5cccn5)cc4)nc3N[C@@H]3[C@H](CO)C[C@@H](O)[C@H]3O)oc2c(C)n1. The Morgan fingerprint density at radius 2 is 1.89 bits per heavy atom. The number of aliphatic hydroxyl groups excluding tert-OH is 3. The molecule has 1 aromatic carbocycles. The molecule has 0 saturated heterocycles. The van der Waals surface area contributed by atoms with Gasteiger partial charge in [-0.05, 0) is 63.9 Å². The van der Waals surface area contributed by atoms with Crippen LogP contribution in [0.4, 0.5) is 11.8 Å². The number of aromatic nitrogens is 5. The average Bonchev–Trinajstić information content (AvgIpc) is 3.74. The predicted octanol–water partition coefficient (Wildman–Crippen LogP) is 4.17. The second-order valence-corrected chi connectivity index (χ2v) is 11.2. The summed E-state index contributed by atoms with van der Waals surface area (Å²) >= 11 is 0. The maximum atomic E-state index is 10.8. The molecule has 1 aliphatic rings. The van der Waals surface area contributed by atoms with Gasteiger partial charge in [0.15, 0.2) is 5.58 Å². The summed E-state index contributed by atoms with van der Waals surface area (Å²) in [7, 11) is 0. The maximum absolute atomic E-state index is 10.8. The molecule has 12 heteroatoms. The Labute approximate surface area is 254 Å². The molecule has 12 nitrogen and oxygen atoms in total. The van der Waals surface area contributed by atoms with Crippen LogP contribution in [0.3, 0.4) is 0 Å². The predicted molar refractivity (Wildman–Crippen MR) is 166 cm³/mol. The third-order valence-corrected chi connectivity index (χ3v) is 8.13. The first kappa shape index (κ1) is 29.5. The van der Waals surface area contributed by atoms with Crippen LogP contribution >= 0.6 is 0 Å². The zero-order valence-corrected chi connectivity index (χ0v) is 25.1. The highest BCUT2D eigenvalue weighted by molar-refractivity contribution is 5.88. The van der Waals surface area contributed by atoms with E-state index < -0.39 is 18.2 Å². The molecule has 5 aromatic rings. The second-order valence-electron chi connectivity index (χ2n) is 11.2. The Bertz CT molecular complexity index is 1740. The number of pyridine rings is 1. The molecule has 44 heavy (non-hydrogen) atoms. The molecular weight excluding hydrogens is 562 g/mol. The molecule has 6 rings (SSSR count). The van der Waals surface area contributed by atoms with Crippen LogP contribution in [0.2, 0.25) is 0 Å². The van der Waals surface area contributed by atoms with Gasteiger partial charge in [0.05, 0.1) is 47.4 Å². The zero-order valence-electron chi connectivity index (χ0n) is 25.1. The van der Waals surface area contributed by atoms with Gasteiger partial charge in [0.25, 0.3) is 0 Å². The quantitative estimate of drug-likeness (QED) is 0.156. The molecular formula is C32H37N7O5. The van der Waals surface area contributed by atoms with E-state index in [2.05, 4.69) is 20.7 Å². The van der Waals surface area contributed by atoms with Crippen molar-refractivity contribution in [2.75, 3.05) is 23.8 Å². The molecule has 1 fully saturated rings. The van der Waals surface area contributed by atoms with Crippen molar-refractivity contribution in [2.24, 2.45) is 5.92 Å². The third-order valence-electron chi connectivity index (χ3n) is 8.13. The number of aryl methyl sites for hydroxylation is 2. The fraction of sp³-hybridized carbons (Fsp3) is 0.375. The molecule has 0 bridgehead atoms. The zero-order chi connectivity index (χ0) is 31.0. The van der Waals surface area contributed by atoms with E-state index in [1.54, 1.807) is 10.9 Å². The van der Waals surface area contributed by atoms with Crippen molar-refractivity contribution in [3.63, 3.8) is 0 Å². The van der Waals surface area contributed by atoms with Crippen LogP contribution in [0.1, 0.15) is 43.3 Å². The van der Waals surface area contributed by atoms with Gasteiger partial charge in [-0.3, -0.25) is 0 Å². The summed E-state index contributed by atoms with van der Waals surface area (Å²) in [5.41, 5.74) is 4.52. The van der Waals surface area contributed by atoms with Crippen molar-refractivity contribution < 1.29 is 24.5 Å². The molecule has 0 unspecified atom stereocenters. The van der Waals surface area contributed by atoms with Gasteiger partial charge in [-0.2, -0.15) is 10.1 Å². The van der Waals surface area contributed by atoms with E-state index >= 15 is 0 Å². The number of aliphatic hydroxyl groups is 3. The van der Waals surface area contributed by atoms with Gasteiger partial charge in [-0.1, -0.05) is 12.1 Å². The lowest BCUT2D eigenvalue weighted by Crippen LogP contribution is -2.38. The first-order valence-electron chi connectivity index (χ1n) is 14.8. The monoisotopic (exact) mass is 599 g/mol. The number of benzene rings is 1. The Balaban J connectivity index is 1.37. The molecule has 1 aliphatic carbocycles. The number of nitrogens with one attached hydrogen (secondary N) is 2. The number of hydrogen-bond acceptors (Lipinski definition) is 11. The van der Waals surface area contributed by atoms with Crippen LogP contribution in [0, 0.1) is 19.8 Å². The summed E-state index contributed by atoms with van der Waals surface area (Å²) in [6.07, 6.45) is 1.84. The van der Waals surface area contributed by atoms with E-state index in [1.165, 1.54) is 0 Å². The second kappa shape index (κ2) is 12.2. The number of rotatable bonds is 10. The van der Waals surface area contributed by atoms with E-state index in [4.69, 9.17) is 19.1 Å². The Morgan fingerprint density at radius 3 is 2.59 bits per heavy atom. The van der Waals surface area contributed by atoms with Crippen molar-refractivity contribution >= 4 is 22.7 Å². The van der Waals surface area contributed by atoms with E-state index in [0.29, 0.717) is 52.5 Å². The lowest BCUT2D eigenvalue weighted by Gasteiger charge is -2.25. The van der Waals surface area contributed by atoms with Crippen molar-refractivity contribution in [1.29, 1.82) is 0 Å². The molecule has 1 saturated carbocycles. The standard InChI is InChI=1S/C32H37N7O5/c1-5-43-26-15-21-14-25(44-30(21)19(4)34-26)27-18(3)36-32(38-31(27)37-28-22(16-40)13-24(41)29(28)42)35-17(2)20-7-9-23(10-8-20)39-12-6-11-33-39/h6-12,14-15,17,22,24,28-29,40-42H,5,13,16H2,1-4H3,(H2,35,36,37,38)/t17-,22+,24-,28-,29-/m1/s1. The minimum atomic E-state index is -1.09. The van der Waals surface area contributed by atoms with Gasteiger partial charge in [0.1, 0.15) is 17.7 Å². The van der Waals surface area contributed by atoms with Crippen molar-refractivity contribution in [3.8, 4) is 22.9 Å². The van der Waals surface area contributed by atoms with Crippen LogP contribution in [0.15, 0.2) is 59.3 Å². The number of nitrogens with zero attached hydrogens (tertiary/aromatic N) is 5. The molecule has 0 radical (unpaired) electrons. The summed E-state index contributed by atoms with van der Waals surface area (Å²) in [5, 5.41) is 43.0. The number of hydrogen-bond donors (Lipinski definition) is 5. The Hall–Kier alpha value is -4.52. The lowest BCUT2D eigenvalue weighted by molar-refractivity contribution is 0.0390. The largest absolute Gasteiger partial charge is 0.478 e. The van der Waals surface area contributed by atoms with Gasteiger partial charge >= 0.3 is 0 Å². The lowest BCUT2D eigenvalue weighted by atomic mass is 10.0. The highest BCUT2D eigenvalue weighted by atomic mass is 16.5. The Morgan fingerprint density at radius 1 is 1.09 bits per heavy atom. The van der Waals surface area contributed by atoms with E-state index in [-0.39, 0.29) is 25.0 Å². The summed E-state index contributed by atoms with van der Waals surface area (Å²) in [6.45, 7) is 7.95. The van der Waals surface area contributed by atoms with Gasteiger partial charge in [0.2, 0.25) is 11.8 Å². The summed E-state index contributed by atoms with van der Waals surface area (Å²) < 4.78 is 13.7. The van der Waals surface area contributed by atoms with Crippen LogP contribution in [-0.2, 0) is 0 Å². The van der Waals surface area contributed by atoms with E-state index in [0.717, 1.165) is 16.6 Å². The minimum Gasteiger partial charge on any atom is -0.478 e. The number of fused-ring (bicyclic) bond motifs is 1. The number of anilines is 2. The fourth-order valence-corrected chi connectivity index (χ4v) is 5.84. The highest BCUT2D eigenvalue weighted by Gasteiger charge is 2.42. The average molecular weight is 600 g/mol. The van der Waals surface area contributed by atoms with Gasteiger partial charge in [0, 0.05) is 36.4 Å². The molecule has 0 amide bonds. The fourth-order valence-electron chi connectivity index (χ4n) is 5.84. The molecule has 4 heterocycles. The van der Waals surface area contributed by atoms with Crippen molar-refractivity contribution in [1.82, 2.24) is 24.7 Å². The van der Waals surface area contributed by atoms with Crippen molar-refractivity contribution in [2.45, 2.75) is 58.4 Å². The van der Waals surface area contributed by atoms with E-state index in [9.17, 15) is 15.3 Å². The Kier molecular flexibility index (Phi) is 8.21. The third kappa shape index (κ3) is 5.71. The molecule has 0 spiro atoms. The normalized spacial score (nSPS) is 20.6. The van der Waals surface area contributed by atoms with Crippen LogP contribution < -0.4 is 15.4 Å². The maximum Gasteiger partial charge on any atom is 0.225 e. The summed E-state index contributed by atoms with van der Waals surface area (Å²) in [4.78, 5) is 14.1. The molecule has 5 N–H and O–H groups in total. The van der Waals surface area contributed by atoms with Crippen molar-refractivity contribution in [3.05, 3.63) is 71.8 Å². The summed E-state index contributed by atoms with van der Waals surface area (Å²) in [6, 6.07) is 12.9. The number of ether oxygens (including phenoxy) is 1. The van der Waals surface area contributed by atoms with Gasteiger partial charge in [-0.15, -0.1) is 0 Å². The molecule has 0 aliphatic heterocycles. The molecule has 230 valence electrons. The minimum absolute atomic E-state index is 0.138. The first-order valence-corrected chi connectivity index (χ1v) is 14.8. The topological polar surface area (TPSA) is 164 Å². The van der Waals surface area contributed by atoms with Crippen LogP contribution in [-0.4, -0.2) is 71.5 Å². The van der Waals surface area contributed by atoms with Gasteiger partial charge in [-0.25, -0.2) is 14.6 Å².